The standard InChI is InChI=1S/C16H25N3O2/c1-21-15-6-3-2-5-14(15)19(11-4-10-17)12-9-16(20)18-13-7-8-13/h2-3,5-6,13H,4,7-12,17H2,1H3,(H,18,20). The van der Waals surface area contributed by atoms with Gasteiger partial charge in [-0.3, -0.25) is 4.79 Å². The van der Waals surface area contributed by atoms with Gasteiger partial charge in [-0.15, -0.1) is 0 Å². The molecule has 2 rings (SSSR count). The lowest BCUT2D eigenvalue weighted by Crippen LogP contribution is -2.33. The first-order valence-electron chi connectivity index (χ1n) is 7.62. The monoisotopic (exact) mass is 291 g/mol. The lowest BCUT2D eigenvalue weighted by Gasteiger charge is -2.26. The number of rotatable bonds is 9. The van der Waals surface area contributed by atoms with Gasteiger partial charge >= 0.3 is 0 Å². The number of nitrogens with two attached hydrogens (primary N) is 1. The third-order valence-electron chi connectivity index (χ3n) is 3.61. The molecule has 0 saturated heterocycles. The SMILES string of the molecule is COc1ccccc1N(CCCN)CCC(=O)NC1CC1. The van der Waals surface area contributed by atoms with Gasteiger partial charge in [0, 0.05) is 25.6 Å². The maximum Gasteiger partial charge on any atom is 0.221 e. The molecule has 0 atom stereocenters. The van der Waals surface area contributed by atoms with Crippen LogP contribution in [0.1, 0.15) is 25.7 Å². The second-order valence-electron chi connectivity index (χ2n) is 5.39. The summed E-state index contributed by atoms with van der Waals surface area (Å²) in [7, 11) is 1.67. The van der Waals surface area contributed by atoms with Gasteiger partial charge in [0.05, 0.1) is 12.8 Å². The molecular formula is C16H25N3O2. The largest absolute Gasteiger partial charge is 0.495 e. The first kappa shape index (κ1) is 15.6. The van der Waals surface area contributed by atoms with E-state index in [1.807, 2.05) is 24.3 Å². The number of hydrogen-bond acceptors (Lipinski definition) is 4. The van der Waals surface area contributed by atoms with Gasteiger partial charge in [-0.05, 0) is 37.9 Å². The molecule has 0 radical (unpaired) electrons. The predicted octanol–water partition coefficient (Wildman–Crippen LogP) is 1.52. The van der Waals surface area contributed by atoms with E-state index in [1.54, 1.807) is 7.11 Å². The fraction of sp³-hybridized carbons (Fsp3) is 0.562. The van der Waals surface area contributed by atoms with Crippen LogP contribution in [0.5, 0.6) is 5.75 Å². The van der Waals surface area contributed by atoms with E-state index in [0.717, 1.165) is 37.2 Å². The molecule has 1 amide bonds. The molecule has 1 fully saturated rings. The van der Waals surface area contributed by atoms with Crippen LogP contribution in [0.3, 0.4) is 0 Å². The minimum absolute atomic E-state index is 0.130. The molecular weight excluding hydrogens is 266 g/mol. The number of nitrogens with one attached hydrogen (secondary N) is 1. The summed E-state index contributed by atoms with van der Waals surface area (Å²) in [6, 6.07) is 8.31. The number of nitrogens with zero attached hydrogens (tertiary/aromatic N) is 1. The minimum atomic E-state index is 0.130. The van der Waals surface area contributed by atoms with Gasteiger partial charge in [0.1, 0.15) is 5.75 Å². The van der Waals surface area contributed by atoms with E-state index >= 15 is 0 Å². The van der Waals surface area contributed by atoms with Crippen molar-refractivity contribution in [2.75, 3.05) is 31.6 Å². The van der Waals surface area contributed by atoms with Crippen LogP contribution < -0.4 is 20.7 Å². The number of hydrogen-bond donors (Lipinski definition) is 2. The molecule has 1 aromatic rings. The molecule has 1 saturated carbocycles. The van der Waals surface area contributed by atoms with Gasteiger partial charge in [-0.1, -0.05) is 12.1 Å². The number of para-hydroxylation sites is 2. The third-order valence-corrected chi connectivity index (χ3v) is 3.61. The zero-order chi connectivity index (χ0) is 15.1. The van der Waals surface area contributed by atoms with Gasteiger partial charge in [0.2, 0.25) is 5.91 Å². The average Bonchev–Trinajstić information content (AvgIpc) is 3.31. The van der Waals surface area contributed by atoms with Crippen molar-refractivity contribution in [1.29, 1.82) is 0 Å². The van der Waals surface area contributed by atoms with Crippen LogP contribution in [0, 0.1) is 0 Å². The first-order chi connectivity index (χ1) is 10.2. The molecule has 5 heteroatoms. The van der Waals surface area contributed by atoms with Gasteiger partial charge in [-0.25, -0.2) is 0 Å². The minimum Gasteiger partial charge on any atom is -0.495 e. The Morgan fingerprint density at radius 3 is 2.81 bits per heavy atom. The Balaban J connectivity index is 1.97. The Morgan fingerprint density at radius 1 is 1.38 bits per heavy atom. The zero-order valence-electron chi connectivity index (χ0n) is 12.7. The van der Waals surface area contributed by atoms with E-state index in [0.29, 0.717) is 25.6 Å². The van der Waals surface area contributed by atoms with Crippen LogP contribution in [0.25, 0.3) is 0 Å². The highest BCUT2D eigenvalue weighted by Crippen LogP contribution is 2.28. The molecule has 5 nitrogen and oxygen atoms in total. The lowest BCUT2D eigenvalue weighted by atomic mass is 10.2. The van der Waals surface area contributed by atoms with Gasteiger partial charge in [-0.2, -0.15) is 0 Å². The number of ether oxygens (including phenoxy) is 1. The molecule has 0 unspecified atom stereocenters. The van der Waals surface area contributed by atoms with E-state index in [9.17, 15) is 4.79 Å². The van der Waals surface area contributed by atoms with Gasteiger partial charge in [0.15, 0.2) is 0 Å². The van der Waals surface area contributed by atoms with E-state index in [1.165, 1.54) is 0 Å². The number of anilines is 1. The second kappa shape index (κ2) is 7.88. The van der Waals surface area contributed by atoms with Crippen LogP contribution in [-0.4, -0.2) is 38.7 Å². The predicted molar refractivity (Wildman–Crippen MR) is 84.7 cm³/mol. The van der Waals surface area contributed by atoms with Crippen molar-refractivity contribution in [2.45, 2.75) is 31.7 Å². The van der Waals surface area contributed by atoms with E-state index in [4.69, 9.17) is 10.5 Å². The molecule has 0 spiro atoms. The fourth-order valence-electron chi connectivity index (χ4n) is 2.29. The van der Waals surface area contributed by atoms with Gasteiger partial charge in [0.25, 0.3) is 0 Å². The first-order valence-corrected chi connectivity index (χ1v) is 7.62. The fourth-order valence-corrected chi connectivity index (χ4v) is 2.29. The zero-order valence-corrected chi connectivity index (χ0v) is 12.7. The Morgan fingerprint density at radius 2 is 2.14 bits per heavy atom. The maximum atomic E-state index is 11.9. The highest BCUT2D eigenvalue weighted by molar-refractivity contribution is 5.77. The third kappa shape index (κ3) is 4.93. The highest BCUT2D eigenvalue weighted by Gasteiger charge is 2.23. The van der Waals surface area contributed by atoms with Crippen molar-refractivity contribution in [3.05, 3.63) is 24.3 Å². The lowest BCUT2D eigenvalue weighted by molar-refractivity contribution is -0.121. The molecule has 0 bridgehead atoms. The number of benzene rings is 1. The van der Waals surface area contributed by atoms with Gasteiger partial charge < -0.3 is 20.7 Å². The number of amides is 1. The number of methoxy groups -OCH3 is 1. The summed E-state index contributed by atoms with van der Waals surface area (Å²) < 4.78 is 5.41. The molecule has 3 N–H and O–H groups in total. The molecule has 1 aliphatic rings. The average molecular weight is 291 g/mol. The Hall–Kier alpha value is -1.75. The topological polar surface area (TPSA) is 67.6 Å². The summed E-state index contributed by atoms with van der Waals surface area (Å²) in [5.41, 5.74) is 6.64. The van der Waals surface area contributed by atoms with Crippen LogP contribution in [-0.2, 0) is 4.79 Å². The van der Waals surface area contributed by atoms with E-state index in [-0.39, 0.29) is 5.91 Å². The summed E-state index contributed by atoms with van der Waals surface area (Å²) in [6.07, 6.45) is 3.63. The van der Waals surface area contributed by atoms with Crippen molar-refractivity contribution in [3.8, 4) is 5.75 Å². The quantitative estimate of drug-likeness (QED) is 0.724. The van der Waals surface area contributed by atoms with E-state index < -0.39 is 0 Å². The Kier molecular flexibility index (Phi) is 5.87. The van der Waals surface area contributed by atoms with Crippen LogP contribution >= 0.6 is 0 Å². The molecule has 0 heterocycles. The van der Waals surface area contributed by atoms with Crippen LogP contribution in [0.4, 0.5) is 5.69 Å². The smallest absolute Gasteiger partial charge is 0.221 e. The van der Waals surface area contributed by atoms with Crippen LogP contribution in [0.2, 0.25) is 0 Å². The normalized spacial score (nSPS) is 13.8. The van der Waals surface area contributed by atoms with E-state index in [2.05, 4.69) is 10.2 Å². The summed E-state index contributed by atoms with van der Waals surface area (Å²) in [5.74, 6) is 0.960. The number of carbonyl (C=O) groups excluding carboxylic acids is 1. The van der Waals surface area contributed by atoms with Crippen molar-refractivity contribution in [3.63, 3.8) is 0 Å². The molecule has 0 aromatic heterocycles. The molecule has 1 aliphatic carbocycles. The second-order valence-corrected chi connectivity index (χ2v) is 5.39. The molecule has 116 valence electrons. The summed E-state index contributed by atoms with van der Waals surface area (Å²) in [6.45, 7) is 2.15. The summed E-state index contributed by atoms with van der Waals surface area (Å²) in [5, 5.41) is 3.02. The highest BCUT2D eigenvalue weighted by atomic mass is 16.5. The maximum absolute atomic E-state index is 11.9. The van der Waals surface area contributed by atoms with Crippen molar-refractivity contribution in [1.82, 2.24) is 5.32 Å². The van der Waals surface area contributed by atoms with Crippen molar-refractivity contribution in [2.24, 2.45) is 5.73 Å². The van der Waals surface area contributed by atoms with Crippen LogP contribution in [0.15, 0.2) is 24.3 Å². The number of carbonyl (C=O) groups is 1. The van der Waals surface area contributed by atoms with Crippen molar-refractivity contribution < 1.29 is 9.53 Å². The summed E-state index contributed by atoms with van der Waals surface area (Å²) in [4.78, 5) is 14.0. The molecule has 0 aliphatic heterocycles. The van der Waals surface area contributed by atoms with Crippen molar-refractivity contribution >= 4 is 11.6 Å². The Labute approximate surface area is 126 Å². The summed E-state index contributed by atoms with van der Waals surface area (Å²) >= 11 is 0. The Bertz CT molecular complexity index is 461. The molecule has 21 heavy (non-hydrogen) atoms. The molecule has 1 aromatic carbocycles.